The van der Waals surface area contributed by atoms with Gasteiger partial charge in [0, 0.05) is 16.4 Å². The Bertz CT molecular complexity index is 1430. The Hall–Kier alpha value is -3.82. The number of imidazole rings is 1. The quantitative estimate of drug-likeness (QED) is 0.217. The first-order valence-corrected chi connectivity index (χ1v) is 11.6. The van der Waals surface area contributed by atoms with Gasteiger partial charge in [-0.25, -0.2) is 0 Å². The molecular formula is C25H23ClN4O4S. The Morgan fingerprint density at radius 2 is 1.20 bits per heavy atom. The van der Waals surface area contributed by atoms with E-state index in [0.717, 1.165) is 33.5 Å². The van der Waals surface area contributed by atoms with Crippen LogP contribution in [0.25, 0.3) is 11.0 Å². The number of benzene rings is 3. The first kappa shape index (κ1) is 24.3. The van der Waals surface area contributed by atoms with Crippen LogP contribution in [-0.4, -0.2) is 31.3 Å². The largest absolute Gasteiger partial charge is 0.481 e. The lowest BCUT2D eigenvalue weighted by molar-refractivity contribution is -0.137. The summed E-state index contributed by atoms with van der Waals surface area (Å²) in [6.45, 7) is 0.803. The normalized spacial score (nSPS) is 10.9. The first-order valence-electron chi connectivity index (χ1n) is 10.8. The molecule has 0 atom stereocenters. The van der Waals surface area contributed by atoms with Crippen molar-refractivity contribution in [1.82, 2.24) is 9.13 Å². The molecule has 10 heteroatoms. The third kappa shape index (κ3) is 6.00. The van der Waals surface area contributed by atoms with Gasteiger partial charge in [-0.3, -0.25) is 18.7 Å². The van der Waals surface area contributed by atoms with Crippen molar-refractivity contribution in [2.24, 2.45) is 0 Å². The highest BCUT2D eigenvalue weighted by molar-refractivity contribution is 7.71. The molecule has 180 valence electrons. The maximum atomic E-state index is 10.9. The second kappa shape index (κ2) is 10.6. The van der Waals surface area contributed by atoms with Crippen LogP contribution in [0.15, 0.2) is 66.7 Å². The fraction of sp³-hybridized carbons (Fsp3) is 0.160. The average Bonchev–Trinajstić information content (AvgIpc) is 3.07. The smallest absolute Gasteiger partial charge is 0.307 e. The summed E-state index contributed by atoms with van der Waals surface area (Å²) in [7, 11) is 0. The predicted molar refractivity (Wildman–Crippen MR) is 139 cm³/mol. The number of halogens is 1. The Morgan fingerprint density at radius 3 is 1.66 bits per heavy atom. The summed E-state index contributed by atoms with van der Waals surface area (Å²) in [5.41, 5.74) is 4.92. The summed E-state index contributed by atoms with van der Waals surface area (Å²) in [5, 5.41) is 25.1. The number of carboxylic acids is 2. The molecule has 0 unspecified atom stereocenters. The summed E-state index contributed by atoms with van der Waals surface area (Å²) < 4.78 is 4.50. The van der Waals surface area contributed by atoms with Gasteiger partial charge in [-0.15, -0.1) is 0 Å². The maximum absolute atomic E-state index is 10.9. The molecule has 8 nitrogen and oxygen atoms in total. The van der Waals surface area contributed by atoms with Crippen LogP contribution >= 0.6 is 23.8 Å². The minimum Gasteiger partial charge on any atom is -0.481 e. The zero-order chi connectivity index (χ0) is 24.9. The minimum atomic E-state index is -0.869. The monoisotopic (exact) mass is 510 g/mol. The molecule has 0 saturated carbocycles. The van der Waals surface area contributed by atoms with Crippen LogP contribution in [0, 0.1) is 4.77 Å². The van der Waals surface area contributed by atoms with E-state index in [1.54, 1.807) is 24.3 Å². The lowest BCUT2D eigenvalue weighted by atomic mass is 10.1. The van der Waals surface area contributed by atoms with Crippen molar-refractivity contribution in [2.75, 3.05) is 10.6 Å². The number of rotatable bonds is 10. The maximum Gasteiger partial charge on any atom is 0.307 e. The van der Waals surface area contributed by atoms with Crippen molar-refractivity contribution in [3.63, 3.8) is 0 Å². The molecule has 3 aromatic carbocycles. The summed E-state index contributed by atoms with van der Waals surface area (Å²) >= 11 is 12.0. The van der Waals surface area contributed by atoms with E-state index < -0.39 is 11.9 Å². The molecule has 0 spiro atoms. The number of hydrogen-bond donors (Lipinski definition) is 4. The molecule has 4 N–H and O–H groups in total. The zero-order valence-electron chi connectivity index (χ0n) is 18.6. The van der Waals surface area contributed by atoms with Gasteiger partial charge in [0.05, 0.1) is 37.2 Å². The molecule has 0 bridgehead atoms. The van der Waals surface area contributed by atoms with Crippen molar-refractivity contribution in [1.29, 1.82) is 0 Å². The topological polar surface area (TPSA) is 109 Å². The van der Waals surface area contributed by atoms with Gasteiger partial charge in [0.1, 0.15) is 0 Å². The highest BCUT2D eigenvalue weighted by Gasteiger charge is 2.12. The number of hydrogen-bond acceptors (Lipinski definition) is 5. The molecule has 0 aliphatic rings. The minimum absolute atomic E-state index is 0.0190. The summed E-state index contributed by atoms with van der Waals surface area (Å²) in [5.74, 6) is -1.74. The number of nitrogens with one attached hydrogen (secondary N) is 2. The molecule has 0 amide bonds. The van der Waals surface area contributed by atoms with Crippen LogP contribution in [-0.2, 0) is 35.8 Å². The number of fused-ring (bicyclic) bond motifs is 1. The summed E-state index contributed by atoms with van der Waals surface area (Å²) in [6, 6.07) is 20.1. The van der Waals surface area contributed by atoms with Gasteiger partial charge < -0.3 is 20.8 Å². The number of nitrogens with zero attached hydrogens (tertiary/aromatic N) is 2. The van der Waals surface area contributed by atoms with Gasteiger partial charge in [0.25, 0.3) is 0 Å². The van der Waals surface area contributed by atoms with E-state index in [-0.39, 0.29) is 12.8 Å². The Labute approximate surface area is 211 Å². The fourth-order valence-corrected chi connectivity index (χ4v) is 4.26. The number of anilines is 2. The van der Waals surface area contributed by atoms with E-state index >= 15 is 0 Å². The van der Waals surface area contributed by atoms with Crippen molar-refractivity contribution >= 4 is 58.2 Å². The van der Waals surface area contributed by atoms with E-state index in [4.69, 9.17) is 34.0 Å². The molecule has 4 rings (SSSR count). The number of carbonyl (C=O) groups is 2. The number of carboxylic acid groups (broad SMARTS) is 2. The van der Waals surface area contributed by atoms with Crippen LogP contribution in [0.4, 0.5) is 11.4 Å². The highest BCUT2D eigenvalue weighted by Crippen LogP contribution is 2.23. The number of aliphatic carboxylic acids is 2. The van der Waals surface area contributed by atoms with Crippen LogP contribution in [0.2, 0.25) is 5.02 Å². The molecule has 0 radical (unpaired) electrons. The van der Waals surface area contributed by atoms with Crippen LogP contribution in [0.5, 0.6) is 0 Å². The second-order valence-electron chi connectivity index (χ2n) is 7.98. The van der Waals surface area contributed by atoms with E-state index in [2.05, 4.69) is 10.6 Å². The first-order chi connectivity index (χ1) is 16.8. The van der Waals surface area contributed by atoms with Gasteiger partial charge in [-0.1, -0.05) is 35.9 Å². The number of aromatic nitrogens is 2. The van der Waals surface area contributed by atoms with E-state index in [1.807, 2.05) is 51.6 Å². The average molecular weight is 511 g/mol. The van der Waals surface area contributed by atoms with Crippen LogP contribution in [0.1, 0.15) is 11.1 Å². The molecule has 0 saturated heterocycles. The van der Waals surface area contributed by atoms with Crippen molar-refractivity contribution in [3.05, 3.63) is 87.7 Å². The predicted octanol–water partition coefficient (Wildman–Crippen LogP) is 5.22. The SMILES string of the molecule is O=C(O)Cc1ccc(NCn2c(=S)n(CNc3ccc(CC(=O)O)cc3)c3cc(Cl)ccc32)cc1. The summed E-state index contributed by atoms with van der Waals surface area (Å²) in [6.07, 6.45) is -0.0402. The van der Waals surface area contributed by atoms with E-state index in [1.165, 1.54) is 0 Å². The summed E-state index contributed by atoms with van der Waals surface area (Å²) in [4.78, 5) is 21.8. The third-order valence-corrected chi connectivity index (χ3v) is 6.16. The molecule has 1 aromatic heterocycles. The molecule has 35 heavy (non-hydrogen) atoms. The van der Waals surface area contributed by atoms with Crippen molar-refractivity contribution in [2.45, 2.75) is 26.2 Å². The van der Waals surface area contributed by atoms with Gasteiger partial charge in [-0.05, 0) is 65.8 Å². The van der Waals surface area contributed by atoms with Gasteiger partial charge in [0.2, 0.25) is 0 Å². The zero-order valence-corrected chi connectivity index (χ0v) is 20.1. The Kier molecular flexibility index (Phi) is 7.38. The molecule has 1 heterocycles. The highest BCUT2D eigenvalue weighted by atomic mass is 35.5. The fourth-order valence-electron chi connectivity index (χ4n) is 3.77. The van der Waals surface area contributed by atoms with Crippen molar-refractivity contribution in [3.8, 4) is 0 Å². The van der Waals surface area contributed by atoms with Crippen LogP contribution in [0.3, 0.4) is 0 Å². The standard InChI is InChI=1S/C25H23ClN4O4S/c26-18-5-10-21-22(13-18)30(15-28-20-8-3-17(4-9-20)12-24(33)34)25(35)29(21)14-27-19-6-1-16(2-7-19)11-23(31)32/h1-10,13,27-28H,11-12,14-15H2,(H,31,32)(H,33,34). The lowest BCUT2D eigenvalue weighted by Crippen LogP contribution is -2.11. The Balaban J connectivity index is 1.53. The van der Waals surface area contributed by atoms with E-state index in [0.29, 0.717) is 23.1 Å². The molecule has 0 aliphatic carbocycles. The van der Waals surface area contributed by atoms with E-state index in [9.17, 15) is 9.59 Å². The van der Waals surface area contributed by atoms with Crippen LogP contribution < -0.4 is 10.6 Å². The third-order valence-electron chi connectivity index (χ3n) is 5.48. The lowest BCUT2D eigenvalue weighted by Gasteiger charge is -2.10. The van der Waals surface area contributed by atoms with Crippen molar-refractivity contribution < 1.29 is 19.8 Å². The molecule has 0 fully saturated rings. The van der Waals surface area contributed by atoms with Gasteiger partial charge >= 0.3 is 11.9 Å². The van der Waals surface area contributed by atoms with Gasteiger partial charge in [-0.2, -0.15) is 0 Å². The molecule has 4 aromatic rings. The Morgan fingerprint density at radius 1 is 0.743 bits per heavy atom. The molecular weight excluding hydrogens is 488 g/mol. The van der Waals surface area contributed by atoms with Gasteiger partial charge in [0.15, 0.2) is 4.77 Å². The molecule has 0 aliphatic heterocycles. The second-order valence-corrected chi connectivity index (χ2v) is 8.78.